The highest BCUT2D eigenvalue weighted by Crippen LogP contribution is 2.27. The first-order valence-electron chi connectivity index (χ1n) is 6.95. The highest BCUT2D eigenvalue weighted by Gasteiger charge is 2.21. The van der Waals surface area contributed by atoms with Crippen molar-refractivity contribution in [3.8, 4) is 0 Å². The lowest BCUT2D eigenvalue weighted by atomic mass is 10.2. The first-order chi connectivity index (χ1) is 10.3. The van der Waals surface area contributed by atoms with Gasteiger partial charge < -0.3 is 10.6 Å². The summed E-state index contributed by atoms with van der Waals surface area (Å²) in [5.74, 6) is 0.466. The van der Waals surface area contributed by atoms with Crippen LogP contribution in [0.5, 0.6) is 0 Å². The molecule has 3 aromatic rings. The summed E-state index contributed by atoms with van der Waals surface area (Å²) in [5, 5.41) is 9.79. The Hall–Kier alpha value is -2.82. The molecule has 5 heteroatoms. The SMILES string of the molecule is NC(=Nn1ncc2ccccc21)N1CCc2ccccc21. The van der Waals surface area contributed by atoms with Gasteiger partial charge in [0.1, 0.15) is 0 Å². The fourth-order valence-corrected chi connectivity index (χ4v) is 2.76. The monoisotopic (exact) mass is 277 g/mol. The average molecular weight is 277 g/mol. The van der Waals surface area contributed by atoms with Crippen LogP contribution in [0.3, 0.4) is 0 Å². The van der Waals surface area contributed by atoms with E-state index in [1.54, 1.807) is 11.0 Å². The minimum Gasteiger partial charge on any atom is -0.368 e. The van der Waals surface area contributed by atoms with Gasteiger partial charge in [-0.1, -0.05) is 36.4 Å². The first-order valence-corrected chi connectivity index (χ1v) is 6.95. The molecular formula is C16H15N5. The number of rotatable bonds is 1. The maximum atomic E-state index is 6.19. The van der Waals surface area contributed by atoms with Crippen LogP contribution in [0.4, 0.5) is 5.69 Å². The van der Waals surface area contributed by atoms with Crippen molar-refractivity contribution >= 4 is 22.5 Å². The topological polar surface area (TPSA) is 59.4 Å². The van der Waals surface area contributed by atoms with Crippen molar-refractivity contribution in [3.05, 3.63) is 60.3 Å². The zero-order valence-corrected chi connectivity index (χ0v) is 11.5. The summed E-state index contributed by atoms with van der Waals surface area (Å²) < 4.78 is 0. The molecule has 1 aromatic heterocycles. The number of nitrogens with zero attached hydrogens (tertiary/aromatic N) is 4. The minimum atomic E-state index is 0.466. The van der Waals surface area contributed by atoms with Gasteiger partial charge in [0, 0.05) is 17.6 Å². The second-order valence-electron chi connectivity index (χ2n) is 5.08. The van der Waals surface area contributed by atoms with Crippen LogP contribution in [0.2, 0.25) is 0 Å². The summed E-state index contributed by atoms with van der Waals surface area (Å²) in [6.07, 6.45) is 2.79. The highest BCUT2D eigenvalue weighted by atomic mass is 15.5. The van der Waals surface area contributed by atoms with Crippen LogP contribution in [0, 0.1) is 0 Å². The molecule has 21 heavy (non-hydrogen) atoms. The third-order valence-corrected chi connectivity index (χ3v) is 3.82. The molecule has 2 heterocycles. The number of benzene rings is 2. The summed E-state index contributed by atoms with van der Waals surface area (Å²) in [6, 6.07) is 16.2. The van der Waals surface area contributed by atoms with Crippen LogP contribution in [0.25, 0.3) is 10.9 Å². The summed E-state index contributed by atoms with van der Waals surface area (Å²) in [5.41, 5.74) is 9.58. The maximum Gasteiger partial charge on any atom is 0.220 e. The van der Waals surface area contributed by atoms with Gasteiger partial charge in [-0.2, -0.15) is 5.10 Å². The van der Waals surface area contributed by atoms with Crippen molar-refractivity contribution in [3.63, 3.8) is 0 Å². The Morgan fingerprint density at radius 1 is 1.10 bits per heavy atom. The van der Waals surface area contributed by atoms with E-state index in [1.807, 2.05) is 35.2 Å². The Kier molecular flexibility index (Phi) is 2.64. The number of hydrogen-bond acceptors (Lipinski definition) is 2. The van der Waals surface area contributed by atoms with E-state index >= 15 is 0 Å². The molecule has 0 fully saturated rings. The number of aromatic nitrogens is 2. The van der Waals surface area contributed by atoms with Crippen molar-refractivity contribution in [2.75, 3.05) is 11.4 Å². The van der Waals surface area contributed by atoms with Gasteiger partial charge in [0.2, 0.25) is 5.96 Å². The molecule has 0 radical (unpaired) electrons. The van der Waals surface area contributed by atoms with Gasteiger partial charge in [-0.25, -0.2) is 0 Å². The summed E-state index contributed by atoms with van der Waals surface area (Å²) in [7, 11) is 0. The molecule has 1 aliphatic rings. The molecule has 2 aromatic carbocycles. The lowest BCUT2D eigenvalue weighted by Gasteiger charge is -2.17. The zero-order valence-electron chi connectivity index (χ0n) is 11.5. The zero-order chi connectivity index (χ0) is 14.2. The highest BCUT2D eigenvalue weighted by molar-refractivity contribution is 5.97. The Bertz CT molecular complexity index is 833. The van der Waals surface area contributed by atoms with Gasteiger partial charge in [-0.05, 0) is 24.1 Å². The van der Waals surface area contributed by atoms with Crippen LogP contribution in [-0.4, -0.2) is 22.4 Å². The predicted octanol–water partition coefficient (Wildman–Crippen LogP) is 2.18. The molecule has 4 rings (SSSR count). The molecule has 0 aliphatic carbocycles. The molecule has 0 unspecified atom stereocenters. The predicted molar refractivity (Wildman–Crippen MR) is 84.2 cm³/mol. The minimum absolute atomic E-state index is 0.466. The summed E-state index contributed by atoms with van der Waals surface area (Å²) >= 11 is 0. The Labute approximate surface area is 122 Å². The number of hydrogen-bond donors (Lipinski definition) is 1. The number of guanidine groups is 1. The third kappa shape index (κ3) is 1.94. The standard InChI is InChI=1S/C16H15N5/c17-16(20-10-9-12-5-1-3-7-14(12)20)19-21-15-8-4-2-6-13(15)11-18-21/h1-8,11H,9-10H2,(H2,17,19). The van der Waals surface area contributed by atoms with E-state index in [-0.39, 0.29) is 0 Å². The van der Waals surface area contributed by atoms with E-state index in [0.29, 0.717) is 5.96 Å². The van der Waals surface area contributed by atoms with Crippen LogP contribution in [0.1, 0.15) is 5.56 Å². The molecule has 104 valence electrons. The number of nitrogens with two attached hydrogens (primary N) is 1. The second-order valence-corrected chi connectivity index (χ2v) is 5.08. The lowest BCUT2D eigenvalue weighted by Crippen LogP contribution is -2.36. The van der Waals surface area contributed by atoms with Crippen LogP contribution in [-0.2, 0) is 6.42 Å². The molecule has 0 spiro atoms. The molecule has 1 aliphatic heterocycles. The number of para-hydroxylation sites is 2. The number of anilines is 1. The third-order valence-electron chi connectivity index (χ3n) is 3.82. The summed E-state index contributed by atoms with van der Waals surface area (Å²) in [4.78, 5) is 3.62. The molecule has 5 nitrogen and oxygen atoms in total. The summed E-state index contributed by atoms with van der Waals surface area (Å²) in [6.45, 7) is 0.855. The molecule has 0 amide bonds. The normalized spacial score (nSPS) is 14.7. The largest absolute Gasteiger partial charge is 0.368 e. The molecule has 0 bridgehead atoms. The average Bonchev–Trinajstić information content (AvgIpc) is 3.12. The van der Waals surface area contributed by atoms with Gasteiger partial charge in [0.15, 0.2) is 0 Å². The molecule has 0 saturated carbocycles. The van der Waals surface area contributed by atoms with E-state index in [2.05, 4.69) is 28.4 Å². The van der Waals surface area contributed by atoms with E-state index < -0.39 is 0 Å². The van der Waals surface area contributed by atoms with Crippen molar-refractivity contribution in [1.82, 2.24) is 9.89 Å². The first kappa shape index (κ1) is 12.0. The Morgan fingerprint density at radius 2 is 1.90 bits per heavy atom. The molecule has 0 saturated heterocycles. The smallest absolute Gasteiger partial charge is 0.220 e. The van der Waals surface area contributed by atoms with Crippen molar-refractivity contribution in [2.24, 2.45) is 10.8 Å². The van der Waals surface area contributed by atoms with Crippen molar-refractivity contribution in [2.45, 2.75) is 6.42 Å². The van der Waals surface area contributed by atoms with Gasteiger partial charge in [-0.15, -0.1) is 9.89 Å². The van der Waals surface area contributed by atoms with Crippen LogP contribution < -0.4 is 10.6 Å². The fraction of sp³-hybridized carbons (Fsp3) is 0.125. The van der Waals surface area contributed by atoms with Crippen molar-refractivity contribution < 1.29 is 0 Å². The number of fused-ring (bicyclic) bond motifs is 2. The van der Waals surface area contributed by atoms with Gasteiger partial charge in [-0.3, -0.25) is 0 Å². The van der Waals surface area contributed by atoms with Crippen LogP contribution >= 0.6 is 0 Å². The van der Waals surface area contributed by atoms with Gasteiger partial charge in [0.25, 0.3) is 0 Å². The Morgan fingerprint density at radius 3 is 2.86 bits per heavy atom. The fourth-order valence-electron chi connectivity index (χ4n) is 2.76. The molecule has 0 atom stereocenters. The maximum absolute atomic E-state index is 6.19. The quantitative estimate of drug-likeness (QED) is 0.548. The lowest BCUT2D eigenvalue weighted by molar-refractivity contribution is 0.760. The second kappa shape index (κ2) is 4.63. The molecule has 2 N–H and O–H groups in total. The van der Waals surface area contributed by atoms with E-state index in [1.165, 1.54) is 5.56 Å². The Balaban J connectivity index is 1.74. The van der Waals surface area contributed by atoms with Crippen LogP contribution in [0.15, 0.2) is 59.8 Å². The van der Waals surface area contributed by atoms with Crippen molar-refractivity contribution in [1.29, 1.82) is 0 Å². The van der Waals surface area contributed by atoms with E-state index in [9.17, 15) is 0 Å². The van der Waals surface area contributed by atoms with E-state index in [4.69, 9.17) is 5.73 Å². The van der Waals surface area contributed by atoms with Gasteiger partial charge in [0.05, 0.1) is 11.7 Å². The molecular weight excluding hydrogens is 262 g/mol. The van der Waals surface area contributed by atoms with E-state index in [0.717, 1.165) is 29.6 Å². The van der Waals surface area contributed by atoms with Gasteiger partial charge >= 0.3 is 0 Å².